The number of ether oxygens (including phenoxy) is 1. The average Bonchev–Trinajstić information content (AvgIpc) is 2.48. The predicted molar refractivity (Wildman–Crippen MR) is 85.5 cm³/mol. The number of amides is 1. The second-order valence-corrected chi connectivity index (χ2v) is 6.31. The Morgan fingerprint density at radius 3 is 2.62 bits per heavy atom. The number of methoxy groups -OCH3 is 1. The maximum Gasteiger partial charge on any atom is 0.231 e. The van der Waals surface area contributed by atoms with Crippen LogP contribution in [0.4, 0.5) is 5.69 Å². The van der Waals surface area contributed by atoms with Gasteiger partial charge < -0.3 is 15.8 Å². The quantitative estimate of drug-likeness (QED) is 0.895. The number of aryl methyl sites for hydroxylation is 1. The lowest BCUT2D eigenvalue weighted by atomic mass is 9.70. The number of nitrogens with one attached hydrogen (secondary N) is 1. The molecule has 21 heavy (non-hydrogen) atoms. The van der Waals surface area contributed by atoms with Crippen molar-refractivity contribution in [2.24, 2.45) is 17.1 Å². The van der Waals surface area contributed by atoms with Gasteiger partial charge in [0, 0.05) is 12.2 Å². The van der Waals surface area contributed by atoms with Gasteiger partial charge in [0.2, 0.25) is 5.91 Å². The summed E-state index contributed by atoms with van der Waals surface area (Å²) in [5, 5.41) is 3.04. The van der Waals surface area contributed by atoms with Gasteiger partial charge in [0.15, 0.2) is 0 Å². The molecule has 4 nitrogen and oxygen atoms in total. The van der Waals surface area contributed by atoms with Crippen molar-refractivity contribution in [2.45, 2.75) is 39.5 Å². The Morgan fingerprint density at radius 1 is 1.43 bits per heavy atom. The van der Waals surface area contributed by atoms with Crippen LogP contribution in [0.3, 0.4) is 0 Å². The van der Waals surface area contributed by atoms with Gasteiger partial charge in [-0.2, -0.15) is 0 Å². The van der Waals surface area contributed by atoms with E-state index in [1.54, 1.807) is 7.11 Å². The van der Waals surface area contributed by atoms with Crippen LogP contribution in [-0.4, -0.2) is 19.6 Å². The third-order valence-electron chi connectivity index (χ3n) is 4.76. The van der Waals surface area contributed by atoms with E-state index in [1.165, 1.54) is 0 Å². The number of hydrogen-bond donors (Lipinski definition) is 2. The number of carbonyl (C=O) groups excluding carboxylic acids is 1. The lowest BCUT2D eigenvalue weighted by Gasteiger charge is -2.37. The van der Waals surface area contributed by atoms with Crippen molar-refractivity contribution in [3.63, 3.8) is 0 Å². The molecule has 1 aliphatic carbocycles. The molecule has 116 valence electrons. The van der Waals surface area contributed by atoms with Crippen LogP contribution in [0.5, 0.6) is 5.75 Å². The zero-order valence-corrected chi connectivity index (χ0v) is 13.2. The molecule has 0 heterocycles. The van der Waals surface area contributed by atoms with E-state index in [-0.39, 0.29) is 5.91 Å². The highest BCUT2D eigenvalue weighted by molar-refractivity contribution is 5.95. The van der Waals surface area contributed by atoms with Crippen molar-refractivity contribution in [2.75, 3.05) is 19.0 Å². The maximum absolute atomic E-state index is 12.7. The van der Waals surface area contributed by atoms with Crippen LogP contribution in [-0.2, 0) is 4.79 Å². The SMILES string of the molecule is COc1ccc(NC(=O)C2(CN)CCC(C)CC2)cc1C. The van der Waals surface area contributed by atoms with Crippen LogP contribution in [0.15, 0.2) is 18.2 Å². The van der Waals surface area contributed by atoms with E-state index >= 15 is 0 Å². The molecule has 0 aliphatic heterocycles. The van der Waals surface area contributed by atoms with Crippen molar-refractivity contribution in [1.82, 2.24) is 0 Å². The Labute approximate surface area is 127 Å². The Hall–Kier alpha value is -1.55. The van der Waals surface area contributed by atoms with Crippen LogP contribution in [0.2, 0.25) is 0 Å². The zero-order chi connectivity index (χ0) is 15.5. The Bertz CT molecular complexity index is 506. The number of anilines is 1. The van der Waals surface area contributed by atoms with Gasteiger partial charge in [-0.1, -0.05) is 6.92 Å². The molecule has 0 spiro atoms. The second kappa shape index (κ2) is 6.48. The van der Waals surface area contributed by atoms with E-state index in [4.69, 9.17) is 10.5 Å². The Kier molecular flexibility index (Phi) is 4.88. The van der Waals surface area contributed by atoms with E-state index in [0.717, 1.165) is 42.7 Å². The minimum atomic E-state index is -0.402. The summed E-state index contributed by atoms with van der Waals surface area (Å²) in [6, 6.07) is 5.69. The highest BCUT2D eigenvalue weighted by Gasteiger charge is 2.39. The first-order valence-corrected chi connectivity index (χ1v) is 7.67. The first-order chi connectivity index (χ1) is 10.0. The molecule has 2 rings (SSSR count). The molecule has 1 aromatic rings. The summed E-state index contributed by atoms with van der Waals surface area (Å²) in [6.07, 6.45) is 3.91. The predicted octanol–water partition coefficient (Wildman–Crippen LogP) is 3.10. The average molecular weight is 290 g/mol. The van der Waals surface area contributed by atoms with Gasteiger partial charge in [-0.15, -0.1) is 0 Å². The molecule has 0 bridgehead atoms. The number of rotatable bonds is 4. The molecule has 0 unspecified atom stereocenters. The van der Waals surface area contributed by atoms with Gasteiger partial charge in [-0.3, -0.25) is 4.79 Å². The molecular formula is C17H26N2O2. The minimum absolute atomic E-state index is 0.0569. The van der Waals surface area contributed by atoms with Gasteiger partial charge in [0.25, 0.3) is 0 Å². The summed E-state index contributed by atoms with van der Waals surface area (Å²) in [6.45, 7) is 4.63. The first-order valence-electron chi connectivity index (χ1n) is 7.67. The summed E-state index contributed by atoms with van der Waals surface area (Å²) >= 11 is 0. The van der Waals surface area contributed by atoms with Crippen molar-refractivity contribution < 1.29 is 9.53 Å². The molecular weight excluding hydrogens is 264 g/mol. The summed E-state index contributed by atoms with van der Waals surface area (Å²) in [4.78, 5) is 12.7. The molecule has 1 saturated carbocycles. The first kappa shape index (κ1) is 15.8. The van der Waals surface area contributed by atoms with Gasteiger partial charge >= 0.3 is 0 Å². The summed E-state index contributed by atoms with van der Waals surface area (Å²) in [5.41, 5.74) is 7.35. The van der Waals surface area contributed by atoms with E-state index in [9.17, 15) is 4.79 Å². The highest BCUT2D eigenvalue weighted by Crippen LogP contribution is 2.39. The van der Waals surface area contributed by atoms with Crippen LogP contribution >= 0.6 is 0 Å². The van der Waals surface area contributed by atoms with E-state index in [2.05, 4.69) is 12.2 Å². The monoisotopic (exact) mass is 290 g/mol. The fraction of sp³-hybridized carbons (Fsp3) is 0.588. The molecule has 0 aromatic heterocycles. The van der Waals surface area contributed by atoms with Gasteiger partial charge in [-0.05, 0) is 62.3 Å². The molecule has 1 aliphatic rings. The molecule has 3 N–H and O–H groups in total. The number of carbonyl (C=O) groups is 1. The Balaban J connectivity index is 2.11. The Morgan fingerprint density at radius 2 is 2.10 bits per heavy atom. The van der Waals surface area contributed by atoms with Gasteiger partial charge in [0.1, 0.15) is 5.75 Å². The largest absolute Gasteiger partial charge is 0.496 e. The summed E-state index contributed by atoms with van der Waals surface area (Å²) in [5.74, 6) is 1.58. The number of benzene rings is 1. The molecule has 0 saturated heterocycles. The highest BCUT2D eigenvalue weighted by atomic mass is 16.5. The van der Waals surface area contributed by atoms with E-state index < -0.39 is 5.41 Å². The molecule has 0 radical (unpaired) electrons. The standard InChI is InChI=1S/C17H26N2O2/c1-12-6-8-17(11-18,9-7-12)16(20)19-14-4-5-15(21-3)13(2)10-14/h4-5,10,12H,6-9,11,18H2,1-3H3,(H,19,20). The number of nitrogens with two attached hydrogens (primary N) is 1. The van der Waals surface area contributed by atoms with Crippen molar-refractivity contribution in [3.05, 3.63) is 23.8 Å². The molecule has 1 aromatic carbocycles. The van der Waals surface area contributed by atoms with Crippen LogP contribution in [0.1, 0.15) is 38.2 Å². The fourth-order valence-corrected chi connectivity index (χ4v) is 3.06. The van der Waals surface area contributed by atoms with Gasteiger partial charge in [-0.25, -0.2) is 0 Å². The topological polar surface area (TPSA) is 64.3 Å². The lowest BCUT2D eigenvalue weighted by Crippen LogP contribution is -2.44. The summed E-state index contributed by atoms with van der Waals surface area (Å²) < 4.78 is 5.24. The van der Waals surface area contributed by atoms with Crippen LogP contribution in [0.25, 0.3) is 0 Å². The lowest BCUT2D eigenvalue weighted by molar-refractivity contribution is -0.127. The zero-order valence-electron chi connectivity index (χ0n) is 13.2. The molecule has 4 heteroatoms. The third-order valence-corrected chi connectivity index (χ3v) is 4.76. The smallest absolute Gasteiger partial charge is 0.231 e. The molecule has 1 amide bonds. The molecule has 0 atom stereocenters. The normalized spacial score (nSPS) is 25.4. The third kappa shape index (κ3) is 3.38. The molecule has 1 fully saturated rings. The fourth-order valence-electron chi connectivity index (χ4n) is 3.06. The van der Waals surface area contributed by atoms with Crippen molar-refractivity contribution in [1.29, 1.82) is 0 Å². The second-order valence-electron chi connectivity index (χ2n) is 6.31. The summed E-state index contributed by atoms with van der Waals surface area (Å²) in [7, 11) is 1.65. The maximum atomic E-state index is 12.7. The van der Waals surface area contributed by atoms with E-state index in [0.29, 0.717) is 12.5 Å². The minimum Gasteiger partial charge on any atom is -0.496 e. The van der Waals surface area contributed by atoms with Crippen LogP contribution in [0, 0.1) is 18.3 Å². The number of hydrogen-bond acceptors (Lipinski definition) is 3. The van der Waals surface area contributed by atoms with Crippen molar-refractivity contribution >= 4 is 11.6 Å². The van der Waals surface area contributed by atoms with Crippen molar-refractivity contribution in [3.8, 4) is 5.75 Å². The van der Waals surface area contributed by atoms with Crippen LogP contribution < -0.4 is 15.8 Å². The van der Waals surface area contributed by atoms with E-state index in [1.807, 2.05) is 25.1 Å². The van der Waals surface area contributed by atoms with Gasteiger partial charge in [0.05, 0.1) is 12.5 Å².